The first-order valence-electron chi connectivity index (χ1n) is 22.1. The molecule has 2 nitrogen and oxygen atoms in total. The second kappa shape index (κ2) is 14.6. The van der Waals surface area contributed by atoms with Crippen LogP contribution in [0, 0.1) is 0 Å². The number of nitrogens with zero attached hydrogens (tertiary/aromatic N) is 2. The van der Waals surface area contributed by atoms with Crippen LogP contribution in [0.3, 0.4) is 0 Å². The normalized spacial score (nSPS) is 11.8. The summed E-state index contributed by atoms with van der Waals surface area (Å²) in [5, 5.41) is 9.93. The Morgan fingerprint density at radius 1 is 0.219 bits per heavy atom. The molecule has 298 valence electrons. The second-order valence-electron chi connectivity index (χ2n) is 16.8. The summed E-state index contributed by atoms with van der Waals surface area (Å²) >= 11 is 0. The van der Waals surface area contributed by atoms with Gasteiger partial charge in [0.25, 0.3) is 0 Å². The quantitative estimate of drug-likeness (QED) is 0.148. The van der Waals surface area contributed by atoms with Gasteiger partial charge < -0.3 is 9.13 Å². The number of fused-ring (bicyclic) bond motifs is 8. The summed E-state index contributed by atoms with van der Waals surface area (Å²) in [6.07, 6.45) is 0. The molecule has 0 unspecified atom stereocenters. The van der Waals surface area contributed by atoms with Gasteiger partial charge in [0.15, 0.2) is 0 Å². The van der Waals surface area contributed by atoms with Gasteiger partial charge in [-0.15, -0.1) is 0 Å². The zero-order valence-electron chi connectivity index (χ0n) is 35.0. The minimum Gasteiger partial charge on any atom is -0.309 e. The monoisotopic (exact) mass is 812 g/mol. The van der Waals surface area contributed by atoms with E-state index < -0.39 is 0 Å². The summed E-state index contributed by atoms with van der Waals surface area (Å²) in [4.78, 5) is 0. The summed E-state index contributed by atoms with van der Waals surface area (Å²) in [7, 11) is 0. The number of hydrogen-bond donors (Lipinski definition) is 0. The van der Waals surface area contributed by atoms with Crippen molar-refractivity contribution in [2.24, 2.45) is 0 Å². The Labute approximate surface area is 371 Å². The smallest absolute Gasteiger partial charge is 0.0547 e. The fourth-order valence-corrected chi connectivity index (χ4v) is 10.6. The van der Waals surface area contributed by atoms with Crippen LogP contribution in [0.4, 0.5) is 0 Å². The Hall–Kier alpha value is -8.46. The summed E-state index contributed by atoms with van der Waals surface area (Å²) in [6.45, 7) is 0. The van der Waals surface area contributed by atoms with Crippen LogP contribution in [0.5, 0.6) is 0 Å². The average molecular weight is 813 g/mol. The number of rotatable bonds is 6. The van der Waals surface area contributed by atoms with Crippen molar-refractivity contribution in [2.45, 2.75) is 0 Å². The fraction of sp³-hybridized carbons (Fsp3) is 0. The van der Waals surface area contributed by atoms with E-state index in [9.17, 15) is 0 Å². The average Bonchev–Trinajstić information content (AvgIpc) is 3.90. The first-order valence-corrected chi connectivity index (χ1v) is 22.1. The first kappa shape index (κ1) is 36.2. The molecule has 0 aliphatic heterocycles. The third-order valence-electron chi connectivity index (χ3n) is 13.3. The van der Waals surface area contributed by atoms with Crippen LogP contribution in [0.25, 0.3) is 121 Å². The van der Waals surface area contributed by atoms with E-state index in [1.165, 1.54) is 110 Å². The Kier molecular flexibility index (Phi) is 8.25. The van der Waals surface area contributed by atoms with Crippen molar-refractivity contribution in [3.05, 3.63) is 243 Å². The molecule has 0 fully saturated rings. The minimum absolute atomic E-state index is 1.16. The standard InChI is InChI=1S/C62H40N2/c1-4-18-41(19-5-1)42-36-38-43(39-37-42)60-50-28-14-26-46(48-30-16-34-58-61(48)52-24-10-12-32-56(52)63(58)44-20-6-2-7-21-44)54(50)40-55-47(27-15-29-51(55)60)49-31-17-35-59-62(49)53-25-11-13-33-57(53)64(59)45-22-8-3-9-23-45/h1-40H. The van der Waals surface area contributed by atoms with E-state index >= 15 is 0 Å². The van der Waals surface area contributed by atoms with Gasteiger partial charge in [-0.1, -0.05) is 188 Å². The molecule has 0 saturated carbocycles. The molecule has 0 saturated heterocycles. The molecule has 0 atom stereocenters. The highest BCUT2D eigenvalue weighted by Crippen LogP contribution is 2.48. The van der Waals surface area contributed by atoms with Crippen molar-refractivity contribution in [3.63, 3.8) is 0 Å². The van der Waals surface area contributed by atoms with E-state index in [0.717, 1.165) is 11.4 Å². The van der Waals surface area contributed by atoms with E-state index in [4.69, 9.17) is 0 Å². The number of benzene rings is 11. The van der Waals surface area contributed by atoms with Crippen LogP contribution in [0.15, 0.2) is 243 Å². The molecule has 2 heterocycles. The zero-order chi connectivity index (χ0) is 42.1. The molecule has 2 aromatic heterocycles. The topological polar surface area (TPSA) is 9.86 Å². The Bertz CT molecular complexity index is 3700. The number of hydrogen-bond acceptors (Lipinski definition) is 0. The molecular formula is C62H40N2. The Balaban J connectivity index is 1.13. The van der Waals surface area contributed by atoms with Gasteiger partial charge in [0, 0.05) is 32.9 Å². The maximum atomic E-state index is 2.49. The van der Waals surface area contributed by atoms with Crippen LogP contribution in [0.2, 0.25) is 0 Å². The van der Waals surface area contributed by atoms with E-state index in [-0.39, 0.29) is 0 Å². The minimum atomic E-state index is 1.16. The predicted molar refractivity (Wildman–Crippen MR) is 272 cm³/mol. The lowest BCUT2D eigenvalue weighted by Gasteiger charge is -2.18. The molecule has 64 heavy (non-hydrogen) atoms. The lowest BCUT2D eigenvalue weighted by Crippen LogP contribution is -1.94. The van der Waals surface area contributed by atoms with E-state index in [0.29, 0.717) is 0 Å². The van der Waals surface area contributed by atoms with Gasteiger partial charge in [0.1, 0.15) is 0 Å². The van der Waals surface area contributed by atoms with E-state index in [1.807, 2.05) is 0 Å². The maximum absolute atomic E-state index is 2.49. The highest BCUT2D eigenvalue weighted by atomic mass is 15.0. The molecule has 0 spiro atoms. The lowest BCUT2D eigenvalue weighted by atomic mass is 9.85. The highest BCUT2D eigenvalue weighted by Gasteiger charge is 2.22. The SMILES string of the molecule is c1ccc(-c2ccc(-c3c4cccc(-c5cccc6c5c5ccccc5n6-c5ccccc5)c4cc4c(-c5cccc6c5c5ccccc5n6-c5ccccc5)cccc34)cc2)cc1. The molecule has 0 bridgehead atoms. The molecular weight excluding hydrogens is 773 g/mol. The Morgan fingerprint density at radius 3 is 1.08 bits per heavy atom. The van der Waals surface area contributed by atoms with Gasteiger partial charge in [-0.05, 0) is 121 Å². The molecule has 13 aromatic rings. The van der Waals surface area contributed by atoms with Gasteiger partial charge >= 0.3 is 0 Å². The van der Waals surface area contributed by atoms with Crippen LogP contribution in [-0.4, -0.2) is 9.13 Å². The van der Waals surface area contributed by atoms with Crippen LogP contribution in [-0.2, 0) is 0 Å². The molecule has 0 aliphatic rings. The van der Waals surface area contributed by atoms with Crippen molar-refractivity contribution in [3.8, 4) is 55.9 Å². The van der Waals surface area contributed by atoms with Crippen molar-refractivity contribution in [1.29, 1.82) is 0 Å². The van der Waals surface area contributed by atoms with Crippen molar-refractivity contribution in [2.75, 3.05) is 0 Å². The number of aromatic nitrogens is 2. The summed E-state index contributed by atoms with van der Waals surface area (Å²) in [5.74, 6) is 0. The maximum Gasteiger partial charge on any atom is 0.0547 e. The number of para-hydroxylation sites is 4. The molecule has 0 radical (unpaired) electrons. The van der Waals surface area contributed by atoms with Gasteiger partial charge in [-0.25, -0.2) is 0 Å². The van der Waals surface area contributed by atoms with Crippen LogP contribution in [0.1, 0.15) is 0 Å². The van der Waals surface area contributed by atoms with Crippen molar-refractivity contribution in [1.82, 2.24) is 9.13 Å². The first-order chi connectivity index (χ1) is 31.8. The van der Waals surface area contributed by atoms with Gasteiger partial charge in [0.2, 0.25) is 0 Å². The van der Waals surface area contributed by atoms with Crippen LogP contribution >= 0.6 is 0 Å². The summed E-state index contributed by atoms with van der Waals surface area (Å²) < 4.78 is 4.83. The van der Waals surface area contributed by atoms with Crippen LogP contribution < -0.4 is 0 Å². The van der Waals surface area contributed by atoms with Gasteiger partial charge in [0.05, 0.1) is 22.1 Å². The van der Waals surface area contributed by atoms with Crippen molar-refractivity contribution >= 4 is 65.2 Å². The molecule has 11 aromatic carbocycles. The molecule has 13 rings (SSSR count). The van der Waals surface area contributed by atoms with Gasteiger partial charge in [-0.2, -0.15) is 0 Å². The van der Waals surface area contributed by atoms with E-state index in [1.54, 1.807) is 0 Å². The molecule has 0 N–H and O–H groups in total. The van der Waals surface area contributed by atoms with Gasteiger partial charge in [-0.3, -0.25) is 0 Å². The Morgan fingerprint density at radius 2 is 0.578 bits per heavy atom. The zero-order valence-corrected chi connectivity index (χ0v) is 35.0. The molecule has 0 amide bonds. The summed E-state index contributed by atoms with van der Waals surface area (Å²) in [6, 6.07) is 89.0. The third kappa shape index (κ3) is 5.53. The second-order valence-corrected chi connectivity index (χ2v) is 16.8. The van der Waals surface area contributed by atoms with E-state index in [2.05, 4.69) is 252 Å². The fourth-order valence-electron chi connectivity index (χ4n) is 10.6. The molecule has 2 heteroatoms. The molecule has 0 aliphatic carbocycles. The summed E-state index contributed by atoms with van der Waals surface area (Å²) in [5.41, 5.74) is 16.9. The lowest BCUT2D eigenvalue weighted by molar-refractivity contribution is 1.18. The van der Waals surface area contributed by atoms with Crippen molar-refractivity contribution < 1.29 is 0 Å². The highest BCUT2D eigenvalue weighted by molar-refractivity contribution is 6.24. The predicted octanol–water partition coefficient (Wildman–Crippen LogP) is 16.9. The third-order valence-corrected chi connectivity index (χ3v) is 13.3. The largest absolute Gasteiger partial charge is 0.309 e.